The Morgan fingerprint density at radius 2 is 1.79 bits per heavy atom. The number of nitrogens with two attached hydrogens (primary N) is 1. The number of hydrogen-bond acceptors (Lipinski definition) is 3. The molecule has 84 valence electrons. The van der Waals surface area contributed by atoms with Gasteiger partial charge >= 0.3 is 0 Å². The molecule has 0 radical (unpaired) electrons. The molecule has 0 bridgehead atoms. The summed E-state index contributed by atoms with van der Waals surface area (Å²) in [7, 11) is 2.22. The second kappa shape index (κ2) is 5.10. The minimum absolute atomic E-state index is 0.577. The molecule has 3 atom stereocenters. The molecule has 2 N–H and O–H groups in total. The Labute approximate surface area is 88.2 Å². The molecule has 1 heterocycles. The Morgan fingerprint density at radius 3 is 2.14 bits per heavy atom. The molecular formula is C11H25N3. The third-order valence-electron chi connectivity index (χ3n) is 3.65. The van der Waals surface area contributed by atoms with E-state index < -0.39 is 0 Å². The summed E-state index contributed by atoms with van der Waals surface area (Å²) in [6, 6.07) is 1.88. The van der Waals surface area contributed by atoms with Crippen LogP contribution in [-0.4, -0.2) is 54.6 Å². The van der Waals surface area contributed by atoms with Gasteiger partial charge in [0.1, 0.15) is 0 Å². The highest BCUT2D eigenvalue weighted by Crippen LogP contribution is 2.16. The van der Waals surface area contributed by atoms with Crippen LogP contribution in [0.15, 0.2) is 0 Å². The van der Waals surface area contributed by atoms with E-state index in [9.17, 15) is 0 Å². The van der Waals surface area contributed by atoms with E-state index in [1.165, 1.54) is 6.42 Å². The van der Waals surface area contributed by atoms with E-state index in [2.05, 4.69) is 37.6 Å². The zero-order chi connectivity index (χ0) is 10.7. The largest absolute Gasteiger partial charge is 0.329 e. The smallest absolute Gasteiger partial charge is 0.0217 e. The zero-order valence-corrected chi connectivity index (χ0v) is 10.0. The Kier molecular flexibility index (Phi) is 4.35. The number of likely N-dealkylation sites (N-methyl/N-ethyl adjacent to an activating group) is 1. The van der Waals surface area contributed by atoms with E-state index in [4.69, 9.17) is 5.73 Å². The molecule has 0 aliphatic carbocycles. The van der Waals surface area contributed by atoms with Crippen molar-refractivity contribution in [3.05, 3.63) is 0 Å². The molecule has 0 spiro atoms. The van der Waals surface area contributed by atoms with Crippen LogP contribution in [0.1, 0.15) is 27.2 Å². The Balaban J connectivity index is 2.56. The predicted molar refractivity (Wildman–Crippen MR) is 61.4 cm³/mol. The van der Waals surface area contributed by atoms with Gasteiger partial charge in [-0.15, -0.1) is 0 Å². The third-order valence-corrected chi connectivity index (χ3v) is 3.65. The van der Waals surface area contributed by atoms with Gasteiger partial charge in [-0.3, -0.25) is 9.80 Å². The molecular weight excluding hydrogens is 174 g/mol. The van der Waals surface area contributed by atoms with Crippen LogP contribution >= 0.6 is 0 Å². The average molecular weight is 199 g/mol. The first-order chi connectivity index (χ1) is 6.60. The minimum atomic E-state index is 0.577. The summed E-state index contributed by atoms with van der Waals surface area (Å²) < 4.78 is 0. The number of piperazine rings is 1. The van der Waals surface area contributed by atoms with Crippen molar-refractivity contribution in [2.75, 3.05) is 26.7 Å². The van der Waals surface area contributed by atoms with Gasteiger partial charge in [-0.2, -0.15) is 0 Å². The molecule has 1 rings (SSSR count). The number of rotatable bonds is 3. The van der Waals surface area contributed by atoms with Gasteiger partial charge in [-0.05, 0) is 27.3 Å². The van der Waals surface area contributed by atoms with Crippen molar-refractivity contribution < 1.29 is 0 Å². The lowest BCUT2D eigenvalue weighted by atomic mass is 10.1. The predicted octanol–water partition coefficient (Wildman–Crippen LogP) is 0.748. The molecule has 0 aromatic rings. The van der Waals surface area contributed by atoms with Gasteiger partial charge in [0.25, 0.3) is 0 Å². The average Bonchev–Trinajstić information content (AvgIpc) is 2.16. The van der Waals surface area contributed by atoms with Crippen LogP contribution in [0, 0.1) is 0 Å². The lowest BCUT2D eigenvalue weighted by molar-refractivity contribution is 0.0347. The topological polar surface area (TPSA) is 32.5 Å². The summed E-state index contributed by atoms with van der Waals surface area (Å²) in [4.78, 5) is 5.01. The molecule has 1 aliphatic rings. The van der Waals surface area contributed by atoms with Crippen molar-refractivity contribution in [3.63, 3.8) is 0 Å². The zero-order valence-electron chi connectivity index (χ0n) is 10.0. The van der Waals surface area contributed by atoms with Crippen LogP contribution in [0.3, 0.4) is 0 Å². The van der Waals surface area contributed by atoms with Gasteiger partial charge in [0, 0.05) is 37.8 Å². The monoisotopic (exact) mass is 199 g/mol. The summed E-state index contributed by atoms with van der Waals surface area (Å²) in [5.74, 6) is 0. The van der Waals surface area contributed by atoms with Gasteiger partial charge < -0.3 is 5.73 Å². The second-order valence-electron chi connectivity index (χ2n) is 4.62. The molecule has 0 saturated carbocycles. The highest BCUT2D eigenvalue weighted by atomic mass is 15.3. The van der Waals surface area contributed by atoms with Crippen LogP contribution in [0.2, 0.25) is 0 Å². The Morgan fingerprint density at radius 1 is 1.29 bits per heavy atom. The van der Waals surface area contributed by atoms with Gasteiger partial charge in [-0.1, -0.05) is 6.92 Å². The van der Waals surface area contributed by atoms with Gasteiger partial charge in [0.05, 0.1) is 0 Å². The van der Waals surface area contributed by atoms with Gasteiger partial charge in [-0.25, -0.2) is 0 Å². The van der Waals surface area contributed by atoms with Crippen molar-refractivity contribution in [3.8, 4) is 0 Å². The summed E-state index contributed by atoms with van der Waals surface area (Å²) in [6.45, 7) is 9.94. The molecule has 0 aromatic heterocycles. The van der Waals surface area contributed by atoms with E-state index >= 15 is 0 Å². The summed E-state index contributed by atoms with van der Waals surface area (Å²) in [6.07, 6.45) is 1.17. The van der Waals surface area contributed by atoms with Crippen LogP contribution in [0.4, 0.5) is 0 Å². The summed E-state index contributed by atoms with van der Waals surface area (Å²) >= 11 is 0. The molecule has 0 amide bonds. The van der Waals surface area contributed by atoms with Crippen LogP contribution in [0.25, 0.3) is 0 Å². The maximum absolute atomic E-state index is 5.78. The second-order valence-corrected chi connectivity index (χ2v) is 4.62. The molecule has 14 heavy (non-hydrogen) atoms. The number of nitrogens with zero attached hydrogens (tertiary/aromatic N) is 2. The molecule has 0 aromatic carbocycles. The fraction of sp³-hybridized carbons (Fsp3) is 1.00. The fourth-order valence-corrected chi connectivity index (χ4v) is 2.32. The van der Waals surface area contributed by atoms with Crippen molar-refractivity contribution in [1.82, 2.24) is 9.80 Å². The van der Waals surface area contributed by atoms with Crippen molar-refractivity contribution >= 4 is 0 Å². The molecule has 1 aliphatic heterocycles. The molecule has 3 unspecified atom stereocenters. The SMILES string of the molecule is CCC(CN)N1CC(C)N(C)C(C)C1. The standard InChI is InChI=1S/C11H25N3/c1-5-11(6-12)14-7-9(2)13(4)10(3)8-14/h9-11H,5-8,12H2,1-4H3. The van der Waals surface area contributed by atoms with Gasteiger partial charge in [0.2, 0.25) is 0 Å². The van der Waals surface area contributed by atoms with Crippen molar-refractivity contribution in [2.24, 2.45) is 5.73 Å². The van der Waals surface area contributed by atoms with E-state index in [0.717, 1.165) is 19.6 Å². The van der Waals surface area contributed by atoms with E-state index in [1.54, 1.807) is 0 Å². The first-order valence-electron chi connectivity index (χ1n) is 5.76. The van der Waals surface area contributed by atoms with Crippen LogP contribution in [-0.2, 0) is 0 Å². The lowest BCUT2D eigenvalue weighted by Gasteiger charge is -2.45. The normalized spacial score (nSPS) is 33.2. The highest BCUT2D eigenvalue weighted by molar-refractivity contribution is 4.86. The first kappa shape index (κ1) is 12.0. The Hall–Kier alpha value is -0.120. The summed E-state index contributed by atoms with van der Waals surface area (Å²) in [5.41, 5.74) is 5.78. The van der Waals surface area contributed by atoms with Crippen molar-refractivity contribution in [2.45, 2.75) is 45.3 Å². The van der Waals surface area contributed by atoms with E-state index in [1.807, 2.05) is 0 Å². The lowest BCUT2D eigenvalue weighted by Crippen LogP contribution is -2.58. The number of hydrogen-bond donors (Lipinski definition) is 1. The highest BCUT2D eigenvalue weighted by Gasteiger charge is 2.29. The summed E-state index contributed by atoms with van der Waals surface area (Å²) in [5, 5.41) is 0. The quantitative estimate of drug-likeness (QED) is 0.728. The first-order valence-corrected chi connectivity index (χ1v) is 5.76. The van der Waals surface area contributed by atoms with E-state index in [0.29, 0.717) is 18.1 Å². The molecule has 3 heteroatoms. The fourth-order valence-electron chi connectivity index (χ4n) is 2.32. The van der Waals surface area contributed by atoms with Gasteiger partial charge in [0.15, 0.2) is 0 Å². The van der Waals surface area contributed by atoms with E-state index in [-0.39, 0.29) is 0 Å². The molecule has 3 nitrogen and oxygen atoms in total. The molecule has 1 fully saturated rings. The maximum Gasteiger partial charge on any atom is 0.0217 e. The van der Waals surface area contributed by atoms with Crippen LogP contribution < -0.4 is 5.73 Å². The minimum Gasteiger partial charge on any atom is -0.329 e. The van der Waals surface area contributed by atoms with Crippen molar-refractivity contribution in [1.29, 1.82) is 0 Å². The third kappa shape index (κ3) is 2.47. The van der Waals surface area contributed by atoms with Crippen LogP contribution in [0.5, 0.6) is 0 Å². The molecule has 1 saturated heterocycles. The maximum atomic E-state index is 5.78. The Bertz CT molecular complexity index is 156.